The molecule has 1 aromatic heterocycles. The van der Waals surface area contributed by atoms with Gasteiger partial charge in [0, 0.05) is 18.3 Å². The summed E-state index contributed by atoms with van der Waals surface area (Å²) >= 11 is 0. The molecule has 0 bridgehead atoms. The maximum atomic E-state index is 11.8. The van der Waals surface area contributed by atoms with Crippen molar-refractivity contribution in [2.45, 2.75) is 13.3 Å². The molecule has 1 aromatic carbocycles. The number of pyridine rings is 1. The number of carbonyl (C=O) groups is 1. The zero-order valence-electron chi connectivity index (χ0n) is 12.6. The van der Waals surface area contributed by atoms with Crippen LogP contribution in [0, 0.1) is 6.92 Å². The van der Waals surface area contributed by atoms with Crippen molar-refractivity contribution in [3.8, 4) is 5.75 Å². The summed E-state index contributed by atoms with van der Waals surface area (Å²) in [7, 11) is 1.62. The number of rotatable bonds is 5. The van der Waals surface area contributed by atoms with Crippen molar-refractivity contribution in [3.63, 3.8) is 0 Å². The number of H-pyrrole nitrogens is 1. The van der Waals surface area contributed by atoms with Crippen LogP contribution in [0.1, 0.15) is 11.1 Å². The molecule has 6 heteroatoms. The molecule has 2 aromatic rings. The molecule has 6 nitrogen and oxygen atoms in total. The molecule has 0 spiro atoms. The number of anilines is 1. The van der Waals surface area contributed by atoms with E-state index in [1.165, 1.54) is 6.20 Å². The summed E-state index contributed by atoms with van der Waals surface area (Å²) in [5, 5.41) is 5.44. The molecular formula is C16H19N3O3. The van der Waals surface area contributed by atoms with Gasteiger partial charge < -0.3 is 20.4 Å². The molecule has 0 saturated heterocycles. The number of aryl methyl sites for hydroxylation is 1. The van der Waals surface area contributed by atoms with Gasteiger partial charge in [-0.05, 0) is 31.0 Å². The molecule has 0 aliphatic carbocycles. The average molecular weight is 301 g/mol. The summed E-state index contributed by atoms with van der Waals surface area (Å²) in [5.41, 5.74) is 1.96. The molecule has 0 radical (unpaired) electrons. The van der Waals surface area contributed by atoms with Gasteiger partial charge in [0.05, 0.1) is 12.8 Å². The first-order valence-electron chi connectivity index (χ1n) is 6.96. The van der Waals surface area contributed by atoms with Gasteiger partial charge in [-0.1, -0.05) is 18.2 Å². The number of nitrogens with one attached hydrogen (secondary N) is 3. The molecule has 0 atom stereocenters. The summed E-state index contributed by atoms with van der Waals surface area (Å²) in [6.45, 7) is 2.16. The van der Waals surface area contributed by atoms with Crippen LogP contribution in [-0.2, 0) is 6.42 Å². The number of aromatic nitrogens is 1. The second-order valence-electron chi connectivity index (χ2n) is 4.84. The highest BCUT2D eigenvalue weighted by molar-refractivity contribution is 5.89. The fraction of sp³-hybridized carbons (Fsp3) is 0.250. The van der Waals surface area contributed by atoms with Crippen LogP contribution < -0.4 is 20.9 Å². The first-order valence-corrected chi connectivity index (χ1v) is 6.96. The largest absolute Gasteiger partial charge is 0.496 e. The first kappa shape index (κ1) is 15.6. The zero-order valence-corrected chi connectivity index (χ0v) is 12.6. The molecule has 3 N–H and O–H groups in total. The quantitative estimate of drug-likeness (QED) is 0.790. The third-order valence-electron chi connectivity index (χ3n) is 3.22. The van der Waals surface area contributed by atoms with Crippen LogP contribution in [0.15, 0.2) is 41.3 Å². The lowest BCUT2D eigenvalue weighted by Crippen LogP contribution is -2.30. The fourth-order valence-corrected chi connectivity index (χ4v) is 2.07. The van der Waals surface area contributed by atoms with Gasteiger partial charge in [-0.3, -0.25) is 4.79 Å². The Labute approximate surface area is 128 Å². The minimum atomic E-state index is -0.318. The van der Waals surface area contributed by atoms with Crippen LogP contribution >= 0.6 is 0 Å². The van der Waals surface area contributed by atoms with Crippen LogP contribution in [0.3, 0.4) is 0 Å². The molecule has 0 saturated carbocycles. The lowest BCUT2D eigenvalue weighted by Gasteiger charge is -2.10. The highest BCUT2D eigenvalue weighted by Crippen LogP contribution is 2.17. The molecule has 22 heavy (non-hydrogen) atoms. The smallest absolute Gasteiger partial charge is 0.319 e. The highest BCUT2D eigenvalue weighted by atomic mass is 16.5. The van der Waals surface area contributed by atoms with Gasteiger partial charge in [0.1, 0.15) is 5.75 Å². The number of methoxy groups -OCH3 is 1. The van der Waals surface area contributed by atoms with Crippen molar-refractivity contribution < 1.29 is 9.53 Å². The molecule has 1 heterocycles. The van der Waals surface area contributed by atoms with Crippen LogP contribution in [0.25, 0.3) is 0 Å². The monoisotopic (exact) mass is 301 g/mol. The Morgan fingerprint density at radius 2 is 2.09 bits per heavy atom. The minimum absolute atomic E-state index is 0.165. The maximum absolute atomic E-state index is 11.8. The number of amides is 2. The number of urea groups is 1. The topological polar surface area (TPSA) is 83.2 Å². The molecule has 0 aliphatic heterocycles. The van der Waals surface area contributed by atoms with Crippen molar-refractivity contribution in [1.82, 2.24) is 10.3 Å². The van der Waals surface area contributed by atoms with E-state index in [1.54, 1.807) is 20.1 Å². The van der Waals surface area contributed by atoms with Gasteiger partial charge in [-0.25, -0.2) is 4.79 Å². The molecule has 0 fully saturated rings. The van der Waals surface area contributed by atoms with Gasteiger partial charge >= 0.3 is 6.03 Å². The van der Waals surface area contributed by atoms with Crippen LogP contribution in [-0.4, -0.2) is 24.7 Å². The van der Waals surface area contributed by atoms with Gasteiger partial charge in [-0.15, -0.1) is 0 Å². The Hall–Kier alpha value is -2.76. The van der Waals surface area contributed by atoms with E-state index in [4.69, 9.17) is 4.74 Å². The van der Waals surface area contributed by atoms with Gasteiger partial charge in [0.15, 0.2) is 0 Å². The number of hydrogen-bond donors (Lipinski definition) is 3. The Morgan fingerprint density at radius 3 is 2.82 bits per heavy atom. The third kappa shape index (κ3) is 4.12. The zero-order chi connectivity index (χ0) is 15.9. The molecule has 0 aliphatic rings. The number of carbonyl (C=O) groups excluding carboxylic acids is 1. The van der Waals surface area contributed by atoms with E-state index >= 15 is 0 Å². The van der Waals surface area contributed by atoms with E-state index in [0.29, 0.717) is 24.2 Å². The average Bonchev–Trinajstić information content (AvgIpc) is 2.51. The van der Waals surface area contributed by atoms with Crippen LogP contribution in [0.5, 0.6) is 5.75 Å². The van der Waals surface area contributed by atoms with Crippen molar-refractivity contribution in [2.24, 2.45) is 0 Å². The maximum Gasteiger partial charge on any atom is 0.319 e. The van der Waals surface area contributed by atoms with Crippen molar-refractivity contribution >= 4 is 11.7 Å². The predicted molar refractivity (Wildman–Crippen MR) is 85.5 cm³/mol. The van der Waals surface area contributed by atoms with Crippen molar-refractivity contribution in [2.75, 3.05) is 19.0 Å². The van der Waals surface area contributed by atoms with E-state index < -0.39 is 0 Å². The van der Waals surface area contributed by atoms with Gasteiger partial charge in [0.25, 0.3) is 5.56 Å². The third-order valence-corrected chi connectivity index (χ3v) is 3.22. The summed E-state index contributed by atoms with van der Waals surface area (Å²) < 4.78 is 5.26. The molecule has 116 valence electrons. The van der Waals surface area contributed by atoms with Crippen molar-refractivity contribution in [1.29, 1.82) is 0 Å². The Morgan fingerprint density at radius 1 is 1.32 bits per heavy atom. The Kier molecular flexibility index (Phi) is 5.19. The summed E-state index contributed by atoms with van der Waals surface area (Å²) in [6, 6.07) is 8.99. The minimum Gasteiger partial charge on any atom is -0.496 e. The van der Waals surface area contributed by atoms with Crippen LogP contribution in [0.4, 0.5) is 10.5 Å². The SMILES string of the molecule is COc1ccccc1CCNC(=O)Nc1c[nH]c(=O)c(C)c1. The van der Waals surface area contributed by atoms with Crippen molar-refractivity contribution in [3.05, 3.63) is 58.0 Å². The summed E-state index contributed by atoms with van der Waals surface area (Å²) in [4.78, 5) is 25.6. The summed E-state index contributed by atoms with van der Waals surface area (Å²) in [6.07, 6.45) is 2.14. The number of ether oxygens (including phenoxy) is 1. The normalized spacial score (nSPS) is 10.1. The lowest BCUT2D eigenvalue weighted by molar-refractivity contribution is 0.252. The summed E-state index contributed by atoms with van der Waals surface area (Å²) in [5.74, 6) is 0.806. The molecular weight excluding hydrogens is 282 g/mol. The lowest BCUT2D eigenvalue weighted by atomic mass is 10.1. The van der Waals surface area contributed by atoms with Gasteiger partial charge in [0.2, 0.25) is 0 Å². The highest BCUT2D eigenvalue weighted by Gasteiger charge is 2.05. The second-order valence-corrected chi connectivity index (χ2v) is 4.84. The number of para-hydroxylation sites is 1. The van der Waals surface area contributed by atoms with E-state index in [2.05, 4.69) is 15.6 Å². The number of aromatic amines is 1. The van der Waals surface area contributed by atoms with Crippen LogP contribution in [0.2, 0.25) is 0 Å². The molecule has 2 amide bonds. The second kappa shape index (κ2) is 7.31. The number of hydrogen-bond acceptors (Lipinski definition) is 3. The number of benzene rings is 1. The Balaban J connectivity index is 1.85. The van der Waals surface area contributed by atoms with E-state index in [1.807, 2.05) is 24.3 Å². The van der Waals surface area contributed by atoms with E-state index in [-0.39, 0.29) is 11.6 Å². The first-order chi connectivity index (χ1) is 10.6. The van der Waals surface area contributed by atoms with E-state index in [9.17, 15) is 9.59 Å². The predicted octanol–water partition coefficient (Wildman–Crippen LogP) is 2.06. The Bertz CT molecular complexity index is 710. The molecule has 0 unspecified atom stereocenters. The molecule has 2 rings (SSSR count). The van der Waals surface area contributed by atoms with E-state index in [0.717, 1.165) is 11.3 Å². The van der Waals surface area contributed by atoms with Gasteiger partial charge in [-0.2, -0.15) is 0 Å². The fourth-order valence-electron chi connectivity index (χ4n) is 2.07. The standard InChI is InChI=1S/C16H19N3O3/c1-11-9-13(10-18-15(11)20)19-16(21)17-8-7-12-5-3-4-6-14(12)22-2/h3-6,9-10H,7-8H2,1-2H3,(H,18,20)(H2,17,19,21).